The molecule has 2 aromatic rings. The highest BCUT2D eigenvalue weighted by atomic mass is 32.2. The van der Waals surface area contributed by atoms with Crippen molar-refractivity contribution in [2.24, 2.45) is 0 Å². The Morgan fingerprint density at radius 3 is 2.71 bits per heavy atom. The van der Waals surface area contributed by atoms with Gasteiger partial charge in [-0.2, -0.15) is 4.31 Å². The Morgan fingerprint density at radius 2 is 1.96 bits per heavy atom. The van der Waals surface area contributed by atoms with Crippen LogP contribution in [-0.2, 0) is 21.2 Å². The van der Waals surface area contributed by atoms with E-state index in [0.717, 1.165) is 16.9 Å². The highest BCUT2D eigenvalue weighted by molar-refractivity contribution is 7.91. The van der Waals surface area contributed by atoms with E-state index < -0.39 is 10.0 Å². The predicted octanol–water partition coefficient (Wildman–Crippen LogP) is 2.19. The maximum absolute atomic E-state index is 12.9. The van der Waals surface area contributed by atoms with Gasteiger partial charge in [0.1, 0.15) is 4.21 Å². The van der Waals surface area contributed by atoms with Crippen molar-refractivity contribution in [3.05, 3.63) is 52.4 Å². The smallest absolute Gasteiger partial charge is 0.253 e. The van der Waals surface area contributed by atoms with Crippen molar-refractivity contribution >= 4 is 27.3 Å². The van der Waals surface area contributed by atoms with Crippen LogP contribution in [0.2, 0.25) is 0 Å². The third kappa shape index (κ3) is 2.47. The molecule has 2 aliphatic heterocycles. The molecule has 0 unspecified atom stereocenters. The van der Waals surface area contributed by atoms with E-state index in [9.17, 15) is 13.2 Å². The molecule has 5 nitrogen and oxygen atoms in total. The Labute approximate surface area is 145 Å². The number of aryl methyl sites for hydroxylation is 1. The maximum Gasteiger partial charge on any atom is 0.253 e. The molecule has 1 aromatic heterocycles. The molecular weight excluding hydrogens is 344 g/mol. The molecule has 1 amide bonds. The highest BCUT2D eigenvalue weighted by Gasteiger charge is 2.41. The molecule has 24 heavy (non-hydrogen) atoms. The molecule has 2 aliphatic rings. The molecule has 126 valence electrons. The fraction of sp³-hybridized carbons (Fsp3) is 0.353. The number of hydrogen-bond acceptors (Lipinski definition) is 4. The van der Waals surface area contributed by atoms with Crippen molar-refractivity contribution in [2.45, 2.75) is 23.6 Å². The van der Waals surface area contributed by atoms with Gasteiger partial charge in [0.15, 0.2) is 0 Å². The zero-order valence-corrected chi connectivity index (χ0v) is 14.9. The van der Waals surface area contributed by atoms with Gasteiger partial charge in [-0.25, -0.2) is 8.42 Å². The monoisotopic (exact) mass is 362 g/mol. The average molecular weight is 362 g/mol. The number of benzene rings is 1. The number of piperazine rings is 1. The standard InChI is InChI=1S/C17H18N2O3S2/c1-12-6-7-17(23-12)24(21,22)18-10-15-14-5-3-2-4-13(14)8-9-19(15)16(20)11-18/h2-7,15H,8-11H2,1H3/t15-/m0/s1. The van der Waals surface area contributed by atoms with E-state index in [-0.39, 0.29) is 18.5 Å². The molecule has 0 aliphatic carbocycles. The molecular formula is C17H18N2O3S2. The van der Waals surface area contributed by atoms with Crippen LogP contribution < -0.4 is 0 Å². The number of fused-ring (bicyclic) bond motifs is 3. The number of amides is 1. The second kappa shape index (κ2) is 5.68. The van der Waals surface area contributed by atoms with E-state index in [1.165, 1.54) is 21.2 Å². The van der Waals surface area contributed by atoms with Gasteiger partial charge in [0.05, 0.1) is 12.6 Å². The van der Waals surface area contributed by atoms with Gasteiger partial charge in [0.2, 0.25) is 5.91 Å². The molecule has 4 rings (SSSR count). The second-order valence-corrected chi connectivity index (χ2v) is 9.67. The number of hydrogen-bond donors (Lipinski definition) is 0. The average Bonchev–Trinajstić information content (AvgIpc) is 3.02. The van der Waals surface area contributed by atoms with Crippen LogP contribution in [0.1, 0.15) is 22.0 Å². The maximum atomic E-state index is 12.9. The number of rotatable bonds is 2. The summed E-state index contributed by atoms with van der Waals surface area (Å²) in [6.07, 6.45) is 0.829. The minimum absolute atomic E-state index is 0.0715. The molecule has 1 atom stereocenters. The molecule has 0 N–H and O–H groups in total. The van der Waals surface area contributed by atoms with E-state index in [2.05, 4.69) is 6.07 Å². The van der Waals surface area contributed by atoms with E-state index in [1.54, 1.807) is 12.1 Å². The van der Waals surface area contributed by atoms with E-state index >= 15 is 0 Å². The molecule has 0 radical (unpaired) electrons. The number of thiophene rings is 1. The Morgan fingerprint density at radius 1 is 1.17 bits per heavy atom. The first-order chi connectivity index (χ1) is 11.5. The van der Waals surface area contributed by atoms with Crippen molar-refractivity contribution in [1.29, 1.82) is 0 Å². The largest absolute Gasteiger partial charge is 0.333 e. The van der Waals surface area contributed by atoms with E-state index in [0.29, 0.717) is 17.3 Å². The lowest BCUT2D eigenvalue weighted by Crippen LogP contribution is -2.55. The van der Waals surface area contributed by atoms with Crippen molar-refractivity contribution in [1.82, 2.24) is 9.21 Å². The number of nitrogens with zero attached hydrogens (tertiary/aromatic N) is 2. The summed E-state index contributed by atoms with van der Waals surface area (Å²) >= 11 is 1.25. The Hall–Kier alpha value is -1.70. The fourth-order valence-corrected chi connectivity index (χ4v) is 6.34. The molecule has 1 fully saturated rings. The molecule has 0 spiro atoms. The molecule has 0 saturated carbocycles. The first-order valence-electron chi connectivity index (χ1n) is 7.90. The van der Waals surface area contributed by atoms with Crippen LogP contribution in [0.5, 0.6) is 0 Å². The van der Waals surface area contributed by atoms with Gasteiger partial charge < -0.3 is 4.90 Å². The van der Waals surface area contributed by atoms with Crippen LogP contribution in [-0.4, -0.2) is 43.2 Å². The second-order valence-electron chi connectivity index (χ2n) is 6.21. The first kappa shape index (κ1) is 15.8. The number of carbonyl (C=O) groups excluding carboxylic acids is 1. The molecule has 0 bridgehead atoms. The molecule has 1 aromatic carbocycles. The van der Waals surface area contributed by atoms with Gasteiger partial charge in [-0.3, -0.25) is 4.79 Å². The third-order valence-electron chi connectivity index (χ3n) is 4.73. The summed E-state index contributed by atoms with van der Waals surface area (Å²) in [6.45, 7) is 2.79. The first-order valence-corrected chi connectivity index (χ1v) is 10.2. The lowest BCUT2D eigenvalue weighted by atomic mass is 9.91. The van der Waals surface area contributed by atoms with Gasteiger partial charge in [-0.05, 0) is 36.6 Å². The van der Waals surface area contributed by atoms with Crippen molar-refractivity contribution in [3.63, 3.8) is 0 Å². The fourth-order valence-electron chi connectivity index (χ4n) is 3.51. The minimum atomic E-state index is -3.62. The number of sulfonamides is 1. The quantitative estimate of drug-likeness (QED) is 0.823. The van der Waals surface area contributed by atoms with Crippen molar-refractivity contribution in [3.8, 4) is 0 Å². The number of carbonyl (C=O) groups is 1. The van der Waals surface area contributed by atoms with E-state index in [4.69, 9.17) is 0 Å². The SMILES string of the molecule is Cc1ccc(S(=O)(=O)N2CC(=O)N3CCc4ccccc4[C@@H]3C2)s1. The zero-order chi connectivity index (χ0) is 16.9. The molecule has 1 saturated heterocycles. The Kier molecular flexibility index (Phi) is 3.74. The van der Waals surface area contributed by atoms with Crippen LogP contribution in [0, 0.1) is 6.92 Å². The molecule has 7 heteroatoms. The summed E-state index contributed by atoms with van der Waals surface area (Å²) in [5, 5.41) is 0. The summed E-state index contributed by atoms with van der Waals surface area (Å²) in [5.74, 6) is -0.113. The van der Waals surface area contributed by atoms with Crippen LogP contribution in [0.4, 0.5) is 0 Å². The van der Waals surface area contributed by atoms with Crippen LogP contribution in [0.15, 0.2) is 40.6 Å². The van der Waals surface area contributed by atoms with Gasteiger partial charge in [-0.15, -0.1) is 11.3 Å². The van der Waals surface area contributed by atoms with Gasteiger partial charge in [0, 0.05) is 18.0 Å². The normalized spacial score (nSPS) is 21.5. The van der Waals surface area contributed by atoms with Crippen LogP contribution >= 0.6 is 11.3 Å². The van der Waals surface area contributed by atoms with Crippen LogP contribution in [0.3, 0.4) is 0 Å². The summed E-state index contributed by atoms with van der Waals surface area (Å²) in [4.78, 5) is 15.3. The lowest BCUT2D eigenvalue weighted by molar-refractivity contribution is -0.138. The summed E-state index contributed by atoms with van der Waals surface area (Å²) in [5.41, 5.74) is 2.28. The summed E-state index contributed by atoms with van der Waals surface area (Å²) in [6, 6.07) is 11.2. The predicted molar refractivity (Wildman–Crippen MR) is 92.4 cm³/mol. The Balaban J connectivity index is 1.71. The van der Waals surface area contributed by atoms with Gasteiger partial charge >= 0.3 is 0 Å². The molecule has 3 heterocycles. The lowest BCUT2D eigenvalue weighted by Gasteiger charge is -2.43. The minimum Gasteiger partial charge on any atom is -0.333 e. The van der Waals surface area contributed by atoms with E-state index in [1.807, 2.05) is 30.0 Å². The topological polar surface area (TPSA) is 57.7 Å². The highest BCUT2D eigenvalue weighted by Crippen LogP contribution is 2.35. The Bertz CT molecular complexity index is 904. The zero-order valence-electron chi connectivity index (χ0n) is 13.3. The summed E-state index contributed by atoms with van der Waals surface area (Å²) in [7, 11) is -3.62. The van der Waals surface area contributed by atoms with Crippen molar-refractivity contribution < 1.29 is 13.2 Å². The third-order valence-corrected chi connectivity index (χ3v) is 8.01. The van der Waals surface area contributed by atoms with Crippen molar-refractivity contribution in [2.75, 3.05) is 19.6 Å². The van der Waals surface area contributed by atoms with Crippen LogP contribution in [0.25, 0.3) is 0 Å². The van der Waals surface area contributed by atoms with Gasteiger partial charge in [0.25, 0.3) is 10.0 Å². The summed E-state index contributed by atoms with van der Waals surface area (Å²) < 4.78 is 27.4. The van der Waals surface area contributed by atoms with Gasteiger partial charge in [-0.1, -0.05) is 24.3 Å².